The van der Waals surface area contributed by atoms with Crippen molar-refractivity contribution < 1.29 is 8.42 Å². The minimum atomic E-state index is -3.85. The van der Waals surface area contributed by atoms with E-state index in [4.69, 9.17) is 10.1 Å². The first kappa shape index (κ1) is 38.7. The van der Waals surface area contributed by atoms with Gasteiger partial charge in [-0.25, -0.2) is 42.5 Å². The summed E-state index contributed by atoms with van der Waals surface area (Å²) in [4.78, 5) is 27.9. The Morgan fingerprint density at radius 2 is 1.05 bits per heavy atom. The molecule has 6 aromatic heterocycles. The average molecular weight is 873 g/mol. The number of halogens is 1. The highest BCUT2D eigenvalue weighted by molar-refractivity contribution is 9.10. The van der Waals surface area contributed by atoms with Crippen molar-refractivity contribution in [2.75, 3.05) is 76.3 Å². The van der Waals surface area contributed by atoms with Gasteiger partial charge in [-0.05, 0) is 71.3 Å². The number of piperazine rings is 2. The topological polar surface area (TPSA) is 159 Å². The molecule has 0 radical (unpaired) electrons. The molecule has 0 atom stereocenters. The van der Waals surface area contributed by atoms with Crippen molar-refractivity contribution in [3.05, 3.63) is 115 Å². The predicted molar refractivity (Wildman–Crippen MR) is 234 cm³/mol. The highest BCUT2D eigenvalue weighted by Crippen LogP contribution is 2.35. The van der Waals surface area contributed by atoms with Crippen molar-refractivity contribution in [2.24, 2.45) is 5.14 Å². The van der Waals surface area contributed by atoms with E-state index in [-0.39, 0.29) is 4.90 Å². The molecule has 8 heterocycles. The maximum atomic E-state index is 12.1. The van der Waals surface area contributed by atoms with Crippen LogP contribution in [-0.2, 0) is 10.0 Å². The molecule has 0 unspecified atom stereocenters. The third-order valence-electron chi connectivity index (χ3n) is 11.0. The molecular formula is C42H42BrN13O2S. The van der Waals surface area contributed by atoms with Crippen molar-refractivity contribution in [1.82, 2.24) is 49.0 Å². The molecule has 0 saturated carbocycles. The standard InChI is InChI=1S/C26H25N7O2S.C16H17BrN6/c1-31-10-12-32(13-11-31)25-9-6-18(14-28-25)19-15-29-26-23(16-30-33(26)17-19)21-7-8-24(36(27,34)35)22-5-3-2-4-20(21)22;1-21-4-6-22(7-5-21)15-3-2-12(8-18-15)13-9-19-16-14(17)10-20-23(16)11-13/h2-9,14-17H,10-13H2,1H3,(H2,27,34,35);2-3,8-11H,4-7H2,1H3. The van der Waals surface area contributed by atoms with Gasteiger partial charge in [0, 0.05) is 123 Å². The molecule has 2 N–H and O–H groups in total. The van der Waals surface area contributed by atoms with E-state index in [1.165, 1.54) is 0 Å². The zero-order valence-electron chi connectivity index (χ0n) is 32.6. The summed E-state index contributed by atoms with van der Waals surface area (Å²) in [6.45, 7) is 8.22. The van der Waals surface area contributed by atoms with E-state index in [9.17, 15) is 8.42 Å². The second kappa shape index (κ2) is 16.1. The van der Waals surface area contributed by atoms with Crippen LogP contribution in [0.15, 0.2) is 120 Å². The van der Waals surface area contributed by atoms with Crippen LogP contribution in [0.25, 0.3) is 55.4 Å². The summed E-state index contributed by atoms with van der Waals surface area (Å²) in [6, 6.07) is 18.9. The Balaban J connectivity index is 0.000000168. The summed E-state index contributed by atoms with van der Waals surface area (Å²) in [5.41, 5.74) is 7.06. The number of hydrogen-bond donors (Lipinski definition) is 1. The number of likely N-dealkylation sites (N-methyl/N-ethyl adjacent to an activating group) is 2. The zero-order valence-corrected chi connectivity index (χ0v) is 35.0. The quantitative estimate of drug-likeness (QED) is 0.230. The molecule has 8 aromatic rings. The van der Waals surface area contributed by atoms with Gasteiger partial charge in [-0.1, -0.05) is 30.3 Å². The normalized spacial score (nSPS) is 15.5. The van der Waals surface area contributed by atoms with Gasteiger partial charge in [0.2, 0.25) is 10.0 Å². The molecule has 59 heavy (non-hydrogen) atoms. The van der Waals surface area contributed by atoms with E-state index >= 15 is 0 Å². The Labute approximate surface area is 349 Å². The molecule has 0 amide bonds. The number of fused-ring (bicyclic) bond motifs is 3. The van der Waals surface area contributed by atoms with Crippen LogP contribution in [0.3, 0.4) is 0 Å². The predicted octanol–water partition coefficient (Wildman–Crippen LogP) is 5.32. The minimum absolute atomic E-state index is 0.0982. The van der Waals surface area contributed by atoms with Gasteiger partial charge in [-0.2, -0.15) is 10.2 Å². The fourth-order valence-corrected chi connectivity index (χ4v) is 8.64. The lowest BCUT2D eigenvalue weighted by Gasteiger charge is -2.33. The zero-order chi connectivity index (χ0) is 40.7. The van der Waals surface area contributed by atoms with Crippen LogP contribution in [0.5, 0.6) is 0 Å². The summed E-state index contributed by atoms with van der Waals surface area (Å²) in [6.07, 6.45) is 14.9. The minimum Gasteiger partial charge on any atom is -0.354 e. The van der Waals surface area contributed by atoms with E-state index in [1.54, 1.807) is 45.7 Å². The number of sulfonamides is 1. The van der Waals surface area contributed by atoms with Crippen LogP contribution in [0, 0.1) is 0 Å². The molecule has 300 valence electrons. The number of hydrogen-bond acceptors (Lipinski definition) is 12. The molecule has 0 bridgehead atoms. The Kier molecular flexibility index (Phi) is 10.5. The summed E-state index contributed by atoms with van der Waals surface area (Å²) >= 11 is 3.44. The van der Waals surface area contributed by atoms with Crippen LogP contribution in [0.1, 0.15) is 0 Å². The molecule has 10 rings (SSSR count). The molecule has 2 saturated heterocycles. The van der Waals surface area contributed by atoms with Gasteiger partial charge < -0.3 is 19.6 Å². The van der Waals surface area contributed by atoms with Crippen LogP contribution in [-0.4, -0.2) is 124 Å². The van der Waals surface area contributed by atoms with E-state index in [2.05, 4.69) is 99.0 Å². The van der Waals surface area contributed by atoms with Crippen LogP contribution < -0.4 is 14.9 Å². The van der Waals surface area contributed by atoms with Crippen molar-refractivity contribution in [2.45, 2.75) is 4.90 Å². The van der Waals surface area contributed by atoms with Crippen molar-refractivity contribution in [3.63, 3.8) is 0 Å². The van der Waals surface area contributed by atoms with Gasteiger partial charge in [-0.3, -0.25) is 0 Å². The monoisotopic (exact) mass is 871 g/mol. The highest BCUT2D eigenvalue weighted by Gasteiger charge is 2.19. The average Bonchev–Trinajstić information content (AvgIpc) is 3.86. The molecule has 0 spiro atoms. The van der Waals surface area contributed by atoms with Crippen LogP contribution >= 0.6 is 15.9 Å². The summed E-state index contributed by atoms with van der Waals surface area (Å²) in [5, 5.41) is 15.6. The van der Waals surface area contributed by atoms with E-state index in [1.807, 2.05) is 49.3 Å². The second-order valence-electron chi connectivity index (χ2n) is 14.9. The van der Waals surface area contributed by atoms with E-state index < -0.39 is 10.0 Å². The van der Waals surface area contributed by atoms with Gasteiger partial charge in [-0.15, -0.1) is 0 Å². The lowest BCUT2D eigenvalue weighted by Crippen LogP contribution is -2.44. The number of aromatic nitrogens is 8. The van der Waals surface area contributed by atoms with Gasteiger partial charge >= 0.3 is 0 Å². The fraction of sp³-hybridized carbons (Fsp3) is 0.238. The molecule has 17 heteroatoms. The number of anilines is 2. The van der Waals surface area contributed by atoms with E-state index in [0.717, 1.165) is 113 Å². The van der Waals surface area contributed by atoms with E-state index in [0.29, 0.717) is 11.0 Å². The van der Waals surface area contributed by atoms with Crippen molar-refractivity contribution in [1.29, 1.82) is 0 Å². The third-order valence-corrected chi connectivity index (χ3v) is 12.5. The Bertz CT molecular complexity index is 2890. The summed E-state index contributed by atoms with van der Waals surface area (Å²) < 4.78 is 28.6. The highest BCUT2D eigenvalue weighted by atomic mass is 79.9. The molecule has 2 aromatic carbocycles. The first-order valence-electron chi connectivity index (χ1n) is 19.3. The van der Waals surface area contributed by atoms with Gasteiger partial charge in [0.25, 0.3) is 0 Å². The SMILES string of the molecule is CN1CCN(c2ccc(-c3cnc4c(-c5ccc(S(N)(=O)=O)c6ccccc56)cnn4c3)cn2)CC1.CN1CCN(c2ccc(-c3cnc4c(Br)cnn4c3)cn2)CC1. The van der Waals surface area contributed by atoms with Gasteiger partial charge in [0.1, 0.15) is 11.6 Å². The number of nitrogens with zero attached hydrogens (tertiary/aromatic N) is 12. The smallest absolute Gasteiger partial charge is 0.238 e. The molecule has 2 aliphatic rings. The number of benzene rings is 2. The Morgan fingerprint density at radius 3 is 1.59 bits per heavy atom. The van der Waals surface area contributed by atoms with Crippen LogP contribution in [0.4, 0.5) is 11.6 Å². The van der Waals surface area contributed by atoms with Crippen LogP contribution in [0.2, 0.25) is 0 Å². The third kappa shape index (κ3) is 7.99. The Morgan fingerprint density at radius 1 is 0.542 bits per heavy atom. The molecule has 2 aliphatic heterocycles. The van der Waals surface area contributed by atoms with Crippen molar-refractivity contribution in [3.8, 4) is 33.4 Å². The number of nitrogens with two attached hydrogens (primary N) is 1. The number of pyridine rings is 2. The summed E-state index contributed by atoms with van der Waals surface area (Å²) in [5.74, 6) is 2.02. The molecule has 0 aliphatic carbocycles. The largest absolute Gasteiger partial charge is 0.354 e. The number of primary sulfonamides is 1. The summed E-state index contributed by atoms with van der Waals surface area (Å²) in [7, 11) is 0.442. The second-order valence-corrected chi connectivity index (χ2v) is 17.2. The fourth-order valence-electron chi connectivity index (χ4n) is 7.52. The molecule has 2 fully saturated rings. The maximum Gasteiger partial charge on any atom is 0.238 e. The van der Waals surface area contributed by atoms with Crippen molar-refractivity contribution >= 4 is 59.7 Å². The first-order chi connectivity index (χ1) is 28.6. The van der Waals surface area contributed by atoms with Gasteiger partial charge in [0.15, 0.2) is 11.3 Å². The first-order valence-corrected chi connectivity index (χ1v) is 21.6. The number of rotatable bonds is 6. The molecule has 15 nitrogen and oxygen atoms in total. The lowest BCUT2D eigenvalue weighted by molar-refractivity contribution is 0.312. The Hall–Kier alpha value is -5.85. The van der Waals surface area contributed by atoms with Gasteiger partial charge in [0.05, 0.1) is 21.8 Å². The molecular weight excluding hydrogens is 831 g/mol. The lowest BCUT2D eigenvalue weighted by atomic mass is 10.00. The maximum absolute atomic E-state index is 12.1.